The minimum absolute atomic E-state index is 0.293. The van der Waals surface area contributed by atoms with Gasteiger partial charge < -0.3 is 9.84 Å². The number of ether oxygens (including phenoxy) is 1. The minimum Gasteiger partial charge on any atom is -0.488 e. The van der Waals surface area contributed by atoms with Crippen molar-refractivity contribution >= 4 is 5.52 Å². The summed E-state index contributed by atoms with van der Waals surface area (Å²) < 4.78 is 80.3. The Bertz CT molecular complexity index is 619. The lowest BCUT2D eigenvalue weighted by Gasteiger charge is -2.31. The van der Waals surface area contributed by atoms with Crippen molar-refractivity contribution in [2.24, 2.45) is 0 Å². The summed E-state index contributed by atoms with van der Waals surface area (Å²) in [7, 11) is 0. The predicted octanol–water partition coefficient (Wildman–Crippen LogP) is 2.57. The van der Waals surface area contributed by atoms with Gasteiger partial charge in [0.2, 0.25) is 0 Å². The molecule has 0 aliphatic rings. The second kappa shape index (κ2) is 4.79. The maximum atomic E-state index is 12.4. The van der Waals surface area contributed by atoms with Crippen LogP contribution in [0, 0.1) is 0 Å². The fraction of sp³-hybridized carbons (Fsp3) is 0.364. The second-order valence-electron chi connectivity index (χ2n) is 4.21. The average Bonchev–Trinajstić information content (AvgIpc) is 2.80. The fourth-order valence-electron chi connectivity index (χ4n) is 1.49. The van der Waals surface area contributed by atoms with Crippen LogP contribution in [0.4, 0.5) is 26.3 Å². The van der Waals surface area contributed by atoms with Gasteiger partial charge in [-0.2, -0.15) is 31.4 Å². The highest BCUT2D eigenvalue weighted by Crippen LogP contribution is 2.43. The number of nitrogens with zero attached hydrogens (tertiary/aromatic N) is 2. The Kier molecular flexibility index (Phi) is 3.52. The molecule has 4 nitrogen and oxygen atoms in total. The van der Waals surface area contributed by atoms with Crippen LogP contribution in [0.5, 0.6) is 5.75 Å². The molecule has 0 aromatic carbocycles. The molecule has 0 atom stereocenters. The molecule has 0 spiro atoms. The first kappa shape index (κ1) is 15.4. The number of alkyl halides is 6. The number of halogens is 6. The van der Waals surface area contributed by atoms with Gasteiger partial charge in [0.25, 0.3) is 5.60 Å². The lowest BCUT2D eigenvalue weighted by Crippen LogP contribution is -2.60. The van der Waals surface area contributed by atoms with Crippen LogP contribution < -0.4 is 4.74 Å². The summed E-state index contributed by atoms with van der Waals surface area (Å²) in [6.07, 6.45) is -9.34. The number of hydrogen-bond acceptors (Lipinski definition) is 3. The maximum absolute atomic E-state index is 12.4. The number of rotatable bonds is 3. The summed E-state index contributed by atoms with van der Waals surface area (Å²) in [6.45, 7) is -2.01. The van der Waals surface area contributed by atoms with Crippen LogP contribution in [-0.4, -0.2) is 39.3 Å². The van der Waals surface area contributed by atoms with Gasteiger partial charge in [-0.25, -0.2) is 4.52 Å². The van der Waals surface area contributed by atoms with E-state index >= 15 is 0 Å². The van der Waals surface area contributed by atoms with Crippen molar-refractivity contribution in [2.45, 2.75) is 18.0 Å². The van der Waals surface area contributed by atoms with Crippen molar-refractivity contribution in [3.05, 3.63) is 30.6 Å². The molecule has 116 valence electrons. The molecule has 1 N–H and O–H groups in total. The van der Waals surface area contributed by atoms with Crippen LogP contribution in [0.2, 0.25) is 0 Å². The highest BCUT2D eigenvalue weighted by Gasteiger charge is 2.71. The highest BCUT2D eigenvalue weighted by atomic mass is 19.4. The van der Waals surface area contributed by atoms with Gasteiger partial charge in [0.1, 0.15) is 12.4 Å². The fourth-order valence-corrected chi connectivity index (χ4v) is 1.49. The first-order chi connectivity index (χ1) is 9.54. The third kappa shape index (κ3) is 2.75. The number of aromatic nitrogens is 2. The smallest absolute Gasteiger partial charge is 0.429 e. The van der Waals surface area contributed by atoms with E-state index in [0.717, 1.165) is 6.20 Å². The molecule has 10 heteroatoms. The maximum Gasteiger partial charge on any atom is 0.429 e. The van der Waals surface area contributed by atoms with E-state index in [0.29, 0.717) is 5.52 Å². The molecule has 0 aliphatic heterocycles. The zero-order valence-electron chi connectivity index (χ0n) is 10.1. The van der Waals surface area contributed by atoms with Crippen molar-refractivity contribution in [2.75, 3.05) is 6.61 Å². The number of hydrogen-bond donors (Lipinski definition) is 1. The summed E-state index contributed by atoms with van der Waals surface area (Å²) >= 11 is 0. The average molecular weight is 314 g/mol. The Labute approximate surface area is 113 Å². The molecule has 2 aromatic rings. The summed E-state index contributed by atoms with van der Waals surface area (Å²) in [5.74, 6) is -0.293. The lowest BCUT2D eigenvalue weighted by atomic mass is 10.0. The van der Waals surface area contributed by atoms with Gasteiger partial charge in [0.05, 0.1) is 11.7 Å². The minimum atomic E-state index is -5.92. The zero-order valence-corrected chi connectivity index (χ0v) is 10.1. The van der Waals surface area contributed by atoms with Crippen LogP contribution in [0.25, 0.3) is 5.52 Å². The number of fused-ring (bicyclic) bond motifs is 1. The van der Waals surface area contributed by atoms with Gasteiger partial charge in [-0.15, -0.1) is 0 Å². The molecule has 0 unspecified atom stereocenters. The largest absolute Gasteiger partial charge is 0.488 e. The van der Waals surface area contributed by atoms with Crippen LogP contribution >= 0.6 is 0 Å². The molecule has 0 aliphatic carbocycles. The van der Waals surface area contributed by atoms with E-state index in [4.69, 9.17) is 5.11 Å². The quantitative estimate of drug-likeness (QED) is 0.886. The molecule has 0 amide bonds. The van der Waals surface area contributed by atoms with Crippen molar-refractivity contribution < 1.29 is 36.2 Å². The zero-order chi connectivity index (χ0) is 15.9. The number of aliphatic hydroxyl groups is 1. The molecule has 0 saturated carbocycles. The van der Waals surface area contributed by atoms with E-state index in [-0.39, 0.29) is 5.75 Å². The van der Waals surface area contributed by atoms with Gasteiger partial charge >= 0.3 is 12.4 Å². The topological polar surface area (TPSA) is 46.8 Å². The molecule has 2 rings (SSSR count). The summed E-state index contributed by atoms with van der Waals surface area (Å²) in [5.41, 5.74) is -4.37. The summed E-state index contributed by atoms with van der Waals surface area (Å²) in [5, 5.41) is 12.7. The molecule has 2 heterocycles. The normalized spacial score (nSPS) is 13.7. The number of pyridine rings is 1. The van der Waals surface area contributed by atoms with Gasteiger partial charge in [0.15, 0.2) is 0 Å². The molecule has 0 fully saturated rings. The Morgan fingerprint density at radius 3 is 2.24 bits per heavy atom. The van der Waals surface area contributed by atoms with Crippen LogP contribution in [0.1, 0.15) is 0 Å². The molecule has 0 radical (unpaired) electrons. The highest BCUT2D eigenvalue weighted by molar-refractivity contribution is 5.47. The Morgan fingerprint density at radius 2 is 1.67 bits per heavy atom. The Hall–Kier alpha value is -1.97. The van der Waals surface area contributed by atoms with E-state index in [2.05, 4.69) is 9.84 Å². The van der Waals surface area contributed by atoms with Crippen molar-refractivity contribution in [1.29, 1.82) is 0 Å². The van der Waals surface area contributed by atoms with Crippen molar-refractivity contribution in [3.63, 3.8) is 0 Å². The van der Waals surface area contributed by atoms with Crippen LogP contribution in [-0.2, 0) is 0 Å². The second-order valence-corrected chi connectivity index (χ2v) is 4.21. The Balaban J connectivity index is 2.22. The third-order valence-electron chi connectivity index (χ3n) is 2.75. The van der Waals surface area contributed by atoms with E-state index in [1.54, 1.807) is 6.07 Å². The SMILES string of the molecule is OC(COc1ccc2ccnn2c1)(C(F)(F)F)C(F)(F)F. The van der Waals surface area contributed by atoms with E-state index in [9.17, 15) is 26.3 Å². The monoisotopic (exact) mass is 314 g/mol. The van der Waals surface area contributed by atoms with Crippen LogP contribution in [0.3, 0.4) is 0 Å². The van der Waals surface area contributed by atoms with Gasteiger partial charge in [-0.3, -0.25) is 0 Å². The van der Waals surface area contributed by atoms with Gasteiger partial charge in [-0.1, -0.05) is 0 Å². The van der Waals surface area contributed by atoms with E-state index in [1.165, 1.54) is 22.8 Å². The first-order valence-electron chi connectivity index (χ1n) is 5.47. The van der Waals surface area contributed by atoms with Crippen LogP contribution in [0.15, 0.2) is 30.6 Å². The molecule has 21 heavy (non-hydrogen) atoms. The van der Waals surface area contributed by atoms with Crippen molar-refractivity contribution in [3.8, 4) is 5.75 Å². The third-order valence-corrected chi connectivity index (χ3v) is 2.75. The summed E-state index contributed by atoms with van der Waals surface area (Å²) in [6, 6.07) is 4.14. The Morgan fingerprint density at radius 1 is 1.05 bits per heavy atom. The molecular formula is C11H8F6N2O2. The molecule has 2 aromatic heterocycles. The lowest BCUT2D eigenvalue weighted by molar-refractivity contribution is -0.373. The summed E-state index contributed by atoms with van der Waals surface area (Å²) in [4.78, 5) is 0. The van der Waals surface area contributed by atoms with Gasteiger partial charge in [0, 0.05) is 6.20 Å². The molecule has 0 saturated heterocycles. The predicted molar refractivity (Wildman–Crippen MR) is 57.7 cm³/mol. The molecule has 0 bridgehead atoms. The first-order valence-corrected chi connectivity index (χ1v) is 5.47. The van der Waals surface area contributed by atoms with Crippen molar-refractivity contribution in [1.82, 2.24) is 9.61 Å². The van der Waals surface area contributed by atoms with E-state index < -0.39 is 24.6 Å². The van der Waals surface area contributed by atoms with E-state index in [1.807, 2.05) is 0 Å². The standard InChI is InChI=1S/C11H8F6N2O2/c12-10(13,14)9(20,11(15,16)17)6-21-8-2-1-7-3-4-18-19(7)5-8/h1-5,20H,6H2. The molecular weight excluding hydrogens is 306 g/mol. The van der Waals surface area contributed by atoms with Gasteiger partial charge in [-0.05, 0) is 18.2 Å².